The molecule has 0 saturated heterocycles. The van der Waals surface area contributed by atoms with E-state index < -0.39 is 0 Å². The predicted octanol–water partition coefficient (Wildman–Crippen LogP) is 6.38. The van der Waals surface area contributed by atoms with E-state index in [1.54, 1.807) is 7.05 Å². The number of unbranched alkanes of at least 4 members (excludes halogenated alkanes) is 4. The van der Waals surface area contributed by atoms with Crippen molar-refractivity contribution in [2.75, 3.05) is 17.7 Å². The first-order valence-corrected chi connectivity index (χ1v) is 9.92. The van der Waals surface area contributed by atoms with Crippen molar-refractivity contribution in [2.24, 2.45) is 0 Å². The van der Waals surface area contributed by atoms with Crippen LogP contribution >= 0.6 is 11.8 Å². The van der Waals surface area contributed by atoms with Crippen molar-refractivity contribution >= 4 is 23.5 Å². The van der Waals surface area contributed by atoms with Gasteiger partial charge in [0.15, 0.2) is 0 Å². The van der Waals surface area contributed by atoms with Gasteiger partial charge < -0.3 is 4.74 Å². The maximum Gasteiger partial charge on any atom is 0.419 e. The SMILES string of the molecule is CCCCCCCSc1ccc(OC(=O)N(C)c2ccccc2)cc1. The summed E-state index contributed by atoms with van der Waals surface area (Å²) in [6, 6.07) is 17.2. The van der Waals surface area contributed by atoms with Gasteiger partial charge in [-0.3, -0.25) is 4.90 Å². The van der Waals surface area contributed by atoms with Gasteiger partial charge in [0.2, 0.25) is 0 Å². The molecule has 3 nitrogen and oxygen atoms in total. The first-order chi connectivity index (χ1) is 12.2. The minimum absolute atomic E-state index is 0.387. The van der Waals surface area contributed by atoms with Gasteiger partial charge in [-0.25, -0.2) is 4.79 Å². The number of thioether (sulfide) groups is 1. The van der Waals surface area contributed by atoms with Crippen LogP contribution in [0.2, 0.25) is 0 Å². The van der Waals surface area contributed by atoms with Gasteiger partial charge in [0.1, 0.15) is 5.75 Å². The second-order valence-electron chi connectivity index (χ2n) is 6.00. The van der Waals surface area contributed by atoms with Gasteiger partial charge in [0, 0.05) is 17.6 Å². The van der Waals surface area contributed by atoms with Crippen LogP contribution in [0.4, 0.5) is 10.5 Å². The van der Waals surface area contributed by atoms with Crippen LogP contribution in [-0.2, 0) is 0 Å². The van der Waals surface area contributed by atoms with E-state index in [0.29, 0.717) is 5.75 Å². The number of amides is 1. The Morgan fingerprint density at radius 1 is 0.960 bits per heavy atom. The molecule has 1 amide bonds. The summed E-state index contributed by atoms with van der Waals surface area (Å²) in [6.45, 7) is 2.24. The van der Waals surface area contributed by atoms with Crippen molar-refractivity contribution < 1.29 is 9.53 Å². The fourth-order valence-electron chi connectivity index (χ4n) is 2.43. The molecule has 0 unspecified atom stereocenters. The summed E-state index contributed by atoms with van der Waals surface area (Å²) in [5, 5.41) is 0. The second kappa shape index (κ2) is 10.8. The van der Waals surface area contributed by atoms with Crippen LogP contribution < -0.4 is 9.64 Å². The third kappa shape index (κ3) is 6.83. The zero-order valence-corrected chi connectivity index (χ0v) is 15.9. The molecule has 25 heavy (non-hydrogen) atoms. The van der Waals surface area contributed by atoms with Crippen LogP contribution in [0.1, 0.15) is 39.0 Å². The molecule has 2 aromatic rings. The highest BCUT2D eigenvalue weighted by molar-refractivity contribution is 7.99. The lowest BCUT2D eigenvalue weighted by atomic mass is 10.2. The number of benzene rings is 2. The Morgan fingerprint density at radius 3 is 2.32 bits per heavy atom. The van der Waals surface area contributed by atoms with Crippen LogP contribution in [0.25, 0.3) is 0 Å². The number of rotatable bonds is 9. The molecule has 0 heterocycles. The summed E-state index contributed by atoms with van der Waals surface area (Å²) < 4.78 is 5.43. The molecule has 4 heteroatoms. The van der Waals surface area contributed by atoms with Crippen molar-refractivity contribution in [2.45, 2.75) is 43.9 Å². The van der Waals surface area contributed by atoms with Gasteiger partial charge in [-0.2, -0.15) is 0 Å². The van der Waals surface area contributed by atoms with Crippen molar-refractivity contribution in [1.29, 1.82) is 0 Å². The smallest absolute Gasteiger partial charge is 0.410 e. The maximum atomic E-state index is 12.2. The highest BCUT2D eigenvalue weighted by Gasteiger charge is 2.12. The lowest BCUT2D eigenvalue weighted by Gasteiger charge is -2.16. The third-order valence-electron chi connectivity index (χ3n) is 3.96. The number of carbonyl (C=O) groups excluding carboxylic acids is 1. The minimum atomic E-state index is -0.387. The number of nitrogens with zero attached hydrogens (tertiary/aromatic N) is 1. The Balaban J connectivity index is 1.77. The predicted molar refractivity (Wildman–Crippen MR) is 107 cm³/mol. The summed E-state index contributed by atoms with van der Waals surface area (Å²) in [5.41, 5.74) is 0.808. The average molecular weight is 358 g/mol. The minimum Gasteiger partial charge on any atom is -0.410 e. The van der Waals surface area contributed by atoms with Gasteiger partial charge in [0.05, 0.1) is 0 Å². The van der Waals surface area contributed by atoms with E-state index in [1.807, 2.05) is 66.4 Å². The molecule has 0 spiro atoms. The molecule has 0 atom stereocenters. The van der Waals surface area contributed by atoms with Gasteiger partial charge in [-0.1, -0.05) is 50.8 Å². The van der Waals surface area contributed by atoms with Crippen LogP contribution in [0.15, 0.2) is 59.5 Å². The standard InChI is InChI=1S/C21H27NO2S/c1-3-4-5-6-10-17-25-20-15-13-19(14-16-20)24-21(23)22(2)18-11-8-7-9-12-18/h7-9,11-16H,3-6,10,17H2,1-2H3. The molecular weight excluding hydrogens is 330 g/mol. The van der Waals surface area contributed by atoms with E-state index in [0.717, 1.165) is 11.4 Å². The van der Waals surface area contributed by atoms with E-state index in [9.17, 15) is 4.79 Å². The highest BCUT2D eigenvalue weighted by Crippen LogP contribution is 2.23. The number of hydrogen-bond acceptors (Lipinski definition) is 3. The quantitative estimate of drug-likeness (QED) is 0.385. The molecule has 0 aliphatic heterocycles. The number of para-hydroxylation sites is 1. The Morgan fingerprint density at radius 2 is 1.64 bits per heavy atom. The zero-order valence-electron chi connectivity index (χ0n) is 15.1. The molecule has 0 aliphatic rings. The van der Waals surface area contributed by atoms with Crippen molar-refractivity contribution in [3.05, 3.63) is 54.6 Å². The molecule has 0 radical (unpaired) electrons. The third-order valence-corrected chi connectivity index (χ3v) is 5.06. The van der Waals surface area contributed by atoms with E-state index in [4.69, 9.17) is 4.74 Å². The molecule has 0 fully saturated rings. The van der Waals surface area contributed by atoms with E-state index in [1.165, 1.54) is 41.9 Å². The number of ether oxygens (including phenoxy) is 1. The highest BCUT2D eigenvalue weighted by atomic mass is 32.2. The van der Waals surface area contributed by atoms with Gasteiger partial charge >= 0.3 is 6.09 Å². The van der Waals surface area contributed by atoms with Crippen LogP contribution in [0.5, 0.6) is 5.75 Å². The molecule has 0 aliphatic carbocycles. The molecule has 0 N–H and O–H groups in total. The summed E-state index contributed by atoms with van der Waals surface area (Å²) in [6.07, 6.45) is 6.13. The van der Waals surface area contributed by atoms with Gasteiger partial charge in [0.25, 0.3) is 0 Å². The Bertz CT molecular complexity index is 628. The monoisotopic (exact) mass is 357 g/mol. The number of hydrogen-bond donors (Lipinski definition) is 0. The number of carbonyl (C=O) groups is 1. The van der Waals surface area contributed by atoms with Crippen LogP contribution in [0.3, 0.4) is 0 Å². The average Bonchev–Trinajstić information content (AvgIpc) is 2.66. The fraction of sp³-hybridized carbons (Fsp3) is 0.381. The summed E-state index contributed by atoms with van der Waals surface area (Å²) >= 11 is 1.86. The van der Waals surface area contributed by atoms with Crippen molar-refractivity contribution in [3.8, 4) is 5.75 Å². The zero-order chi connectivity index (χ0) is 17.9. The summed E-state index contributed by atoms with van der Waals surface area (Å²) in [5.74, 6) is 1.71. The Hall–Kier alpha value is -1.94. The van der Waals surface area contributed by atoms with E-state index >= 15 is 0 Å². The van der Waals surface area contributed by atoms with Crippen molar-refractivity contribution in [3.63, 3.8) is 0 Å². The largest absolute Gasteiger partial charge is 0.419 e. The van der Waals surface area contributed by atoms with Gasteiger partial charge in [-0.05, 0) is 48.6 Å². The topological polar surface area (TPSA) is 29.5 Å². The molecular formula is C21H27NO2S. The fourth-order valence-corrected chi connectivity index (χ4v) is 3.34. The van der Waals surface area contributed by atoms with Crippen LogP contribution in [-0.4, -0.2) is 18.9 Å². The first kappa shape index (κ1) is 19.4. The number of anilines is 1. The summed E-state index contributed by atoms with van der Waals surface area (Å²) in [4.78, 5) is 14.9. The normalized spacial score (nSPS) is 10.5. The molecule has 134 valence electrons. The van der Waals surface area contributed by atoms with E-state index in [-0.39, 0.29) is 6.09 Å². The Labute approximate surface area is 155 Å². The molecule has 2 rings (SSSR count). The second-order valence-corrected chi connectivity index (χ2v) is 7.16. The van der Waals surface area contributed by atoms with Crippen LogP contribution in [0, 0.1) is 0 Å². The lowest BCUT2D eigenvalue weighted by Crippen LogP contribution is -2.29. The van der Waals surface area contributed by atoms with Crippen molar-refractivity contribution in [1.82, 2.24) is 0 Å². The summed E-state index contributed by atoms with van der Waals surface area (Å²) in [7, 11) is 1.71. The molecule has 0 bridgehead atoms. The first-order valence-electron chi connectivity index (χ1n) is 8.94. The molecule has 0 saturated carbocycles. The molecule has 0 aromatic heterocycles. The lowest BCUT2D eigenvalue weighted by molar-refractivity contribution is 0.209. The molecule has 2 aromatic carbocycles. The Kier molecular flexibility index (Phi) is 8.40. The van der Waals surface area contributed by atoms with Gasteiger partial charge in [-0.15, -0.1) is 11.8 Å². The maximum absolute atomic E-state index is 12.2. The van der Waals surface area contributed by atoms with E-state index in [2.05, 4.69) is 6.92 Å².